The highest BCUT2D eigenvalue weighted by Crippen LogP contribution is 2.25. The highest BCUT2D eigenvalue weighted by molar-refractivity contribution is 6.04. The normalized spacial score (nSPS) is 11.0. The smallest absolute Gasteiger partial charge is 0.215 e. The van der Waals surface area contributed by atoms with Gasteiger partial charge in [-0.3, -0.25) is 4.79 Å². The van der Waals surface area contributed by atoms with E-state index in [1.165, 1.54) is 22.7 Å². The van der Waals surface area contributed by atoms with Crippen molar-refractivity contribution in [1.82, 2.24) is 9.61 Å². The summed E-state index contributed by atoms with van der Waals surface area (Å²) in [6.07, 6.45) is 1.56. The van der Waals surface area contributed by atoms with Crippen molar-refractivity contribution >= 4 is 11.3 Å². The fraction of sp³-hybridized carbons (Fsp3) is 0.238. The largest absolute Gasteiger partial charge is 0.473 e. The number of fused-ring (bicyclic) bond motifs is 1. The van der Waals surface area contributed by atoms with E-state index in [-0.39, 0.29) is 37.0 Å². The molecular weight excluding hydrogens is 366 g/mol. The van der Waals surface area contributed by atoms with Crippen molar-refractivity contribution < 1.29 is 23.0 Å². The Balaban J connectivity index is 1.95. The Morgan fingerprint density at radius 2 is 1.96 bits per heavy atom. The van der Waals surface area contributed by atoms with Gasteiger partial charge in [-0.15, -0.1) is 6.58 Å². The molecule has 0 atom stereocenters. The van der Waals surface area contributed by atoms with Crippen LogP contribution < -0.4 is 4.74 Å². The predicted octanol–water partition coefficient (Wildman–Crippen LogP) is 4.19. The molecule has 0 amide bonds. The van der Waals surface area contributed by atoms with Crippen molar-refractivity contribution in [1.29, 1.82) is 0 Å². The molecule has 0 spiro atoms. The molecule has 7 heteroatoms. The Hall–Kier alpha value is -3.06. The molecule has 0 saturated carbocycles. The zero-order valence-electron chi connectivity index (χ0n) is 15.7. The Morgan fingerprint density at radius 3 is 2.64 bits per heavy atom. The number of ether oxygens (including phenoxy) is 2. The minimum absolute atomic E-state index is 0.0984. The highest BCUT2D eigenvalue weighted by atomic mass is 19.1. The number of pyridine rings is 1. The first-order chi connectivity index (χ1) is 13.4. The Kier molecular flexibility index (Phi) is 5.84. The molecule has 28 heavy (non-hydrogen) atoms. The second kappa shape index (κ2) is 8.31. The van der Waals surface area contributed by atoms with E-state index < -0.39 is 11.6 Å². The van der Waals surface area contributed by atoms with Crippen LogP contribution in [0, 0.1) is 25.5 Å². The number of Topliss-reactive ketones (excluding diaryl/α,β-unsaturated/α-hetero) is 1. The topological polar surface area (TPSA) is 52.8 Å². The number of carbonyl (C=O) groups is 1. The van der Waals surface area contributed by atoms with Crippen molar-refractivity contribution in [3.63, 3.8) is 0 Å². The SMILES string of the molecule is C=CCOCC(=O)c1c(C)nn2c(OCc3c(F)cccc3F)cc(C)cc12. The lowest BCUT2D eigenvalue weighted by Crippen LogP contribution is -2.10. The summed E-state index contributed by atoms with van der Waals surface area (Å²) < 4.78 is 40.1. The molecule has 0 aliphatic carbocycles. The minimum Gasteiger partial charge on any atom is -0.473 e. The van der Waals surface area contributed by atoms with Crippen molar-refractivity contribution in [3.05, 3.63) is 77.0 Å². The quantitative estimate of drug-likeness (QED) is 0.331. The number of benzene rings is 1. The number of hydrogen-bond donors (Lipinski definition) is 0. The maximum Gasteiger partial charge on any atom is 0.215 e. The average Bonchev–Trinajstić information content (AvgIpc) is 2.97. The van der Waals surface area contributed by atoms with Gasteiger partial charge in [-0.2, -0.15) is 5.10 Å². The van der Waals surface area contributed by atoms with E-state index in [0.29, 0.717) is 16.8 Å². The molecule has 1 aromatic carbocycles. The van der Waals surface area contributed by atoms with Gasteiger partial charge in [-0.05, 0) is 37.6 Å². The van der Waals surface area contributed by atoms with E-state index in [0.717, 1.165) is 5.56 Å². The second-order valence-corrected chi connectivity index (χ2v) is 6.34. The summed E-state index contributed by atoms with van der Waals surface area (Å²) in [6, 6.07) is 7.14. The van der Waals surface area contributed by atoms with Crippen molar-refractivity contribution in [2.75, 3.05) is 13.2 Å². The summed E-state index contributed by atoms with van der Waals surface area (Å²) in [7, 11) is 0. The van der Waals surface area contributed by atoms with Crippen LogP contribution in [0.3, 0.4) is 0 Å². The lowest BCUT2D eigenvalue weighted by Gasteiger charge is -2.11. The molecule has 0 aliphatic heterocycles. The number of rotatable bonds is 8. The van der Waals surface area contributed by atoms with Crippen LogP contribution in [0.5, 0.6) is 5.88 Å². The van der Waals surface area contributed by atoms with Gasteiger partial charge in [0.2, 0.25) is 5.88 Å². The van der Waals surface area contributed by atoms with Gasteiger partial charge in [-0.1, -0.05) is 12.1 Å². The molecule has 3 rings (SSSR count). The summed E-state index contributed by atoms with van der Waals surface area (Å²) in [5.41, 5.74) is 2.13. The monoisotopic (exact) mass is 386 g/mol. The number of carbonyl (C=O) groups excluding carboxylic acids is 1. The zero-order chi connectivity index (χ0) is 20.3. The van der Waals surface area contributed by atoms with Crippen LogP contribution >= 0.6 is 0 Å². The molecule has 0 bridgehead atoms. The van der Waals surface area contributed by atoms with Crippen LogP contribution in [-0.2, 0) is 11.3 Å². The first-order valence-corrected chi connectivity index (χ1v) is 8.70. The summed E-state index contributed by atoms with van der Waals surface area (Å²) in [5, 5.41) is 4.37. The molecule has 2 heterocycles. The molecule has 5 nitrogen and oxygen atoms in total. The molecule has 0 radical (unpaired) electrons. The Labute approximate surface area is 161 Å². The maximum atomic E-state index is 13.9. The van der Waals surface area contributed by atoms with E-state index in [1.54, 1.807) is 25.1 Å². The van der Waals surface area contributed by atoms with E-state index in [9.17, 15) is 13.6 Å². The van der Waals surface area contributed by atoms with E-state index in [2.05, 4.69) is 11.7 Å². The summed E-state index contributed by atoms with van der Waals surface area (Å²) >= 11 is 0. The first-order valence-electron chi connectivity index (χ1n) is 8.70. The summed E-state index contributed by atoms with van der Waals surface area (Å²) in [4.78, 5) is 12.6. The lowest BCUT2D eigenvalue weighted by molar-refractivity contribution is 0.0807. The molecule has 0 unspecified atom stereocenters. The van der Waals surface area contributed by atoms with Crippen molar-refractivity contribution in [3.8, 4) is 5.88 Å². The van der Waals surface area contributed by atoms with Crippen LogP contribution in [0.15, 0.2) is 43.0 Å². The molecule has 0 aliphatic rings. The average molecular weight is 386 g/mol. The first kappa shape index (κ1) is 19.7. The number of halogens is 2. The van der Waals surface area contributed by atoms with Crippen molar-refractivity contribution in [2.24, 2.45) is 0 Å². The van der Waals surface area contributed by atoms with Gasteiger partial charge in [0.25, 0.3) is 0 Å². The van der Waals surface area contributed by atoms with Gasteiger partial charge >= 0.3 is 0 Å². The van der Waals surface area contributed by atoms with E-state index >= 15 is 0 Å². The van der Waals surface area contributed by atoms with Crippen LogP contribution in [0.25, 0.3) is 5.52 Å². The standard InChI is InChI=1S/C21H20F2N2O3/c1-4-8-27-12-19(26)21-14(3)24-25-18(21)9-13(2)10-20(25)28-11-15-16(22)6-5-7-17(15)23/h4-7,9-10H,1,8,11-12H2,2-3H3. The van der Waals surface area contributed by atoms with Crippen LogP contribution in [0.4, 0.5) is 8.78 Å². The van der Waals surface area contributed by atoms with Crippen molar-refractivity contribution in [2.45, 2.75) is 20.5 Å². The number of aryl methyl sites for hydroxylation is 2. The third kappa shape index (κ3) is 3.94. The van der Waals surface area contributed by atoms with E-state index in [1.807, 2.05) is 6.92 Å². The Bertz CT molecular complexity index is 1020. The highest BCUT2D eigenvalue weighted by Gasteiger charge is 2.20. The van der Waals surface area contributed by atoms with Crippen LogP contribution in [-0.4, -0.2) is 28.6 Å². The fourth-order valence-corrected chi connectivity index (χ4v) is 2.93. The maximum absolute atomic E-state index is 13.9. The minimum atomic E-state index is -0.684. The van der Waals surface area contributed by atoms with Gasteiger partial charge in [0.05, 0.1) is 28.9 Å². The predicted molar refractivity (Wildman–Crippen MR) is 101 cm³/mol. The van der Waals surface area contributed by atoms with Gasteiger partial charge in [0, 0.05) is 6.07 Å². The Morgan fingerprint density at radius 1 is 1.25 bits per heavy atom. The lowest BCUT2D eigenvalue weighted by atomic mass is 10.1. The van der Waals surface area contributed by atoms with E-state index in [4.69, 9.17) is 9.47 Å². The molecule has 0 fully saturated rings. The molecule has 0 N–H and O–H groups in total. The number of ketones is 1. The van der Waals surface area contributed by atoms with Gasteiger partial charge in [0.1, 0.15) is 24.8 Å². The van der Waals surface area contributed by atoms with Crippen LogP contribution in [0.1, 0.15) is 27.2 Å². The second-order valence-electron chi connectivity index (χ2n) is 6.34. The number of hydrogen-bond acceptors (Lipinski definition) is 4. The fourth-order valence-electron chi connectivity index (χ4n) is 2.93. The zero-order valence-corrected chi connectivity index (χ0v) is 15.7. The number of nitrogens with zero attached hydrogens (tertiary/aromatic N) is 2. The third-order valence-electron chi connectivity index (χ3n) is 4.19. The van der Waals surface area contributed by atoms with Gasteiger partial charge in [-0.25, -0.2) is 13.3 Å². The number of aromatic nitrogens is 2. The van der Waals surface area contributed by atoms with Crippen LogP contribution in [0.2, 0.25) is 0 Å². The van der Waals surface area contributed by atoms with Gasteiger partial charge in [0.15, 0.2) is 5.78 Å². The molecule has 0 saturated heterocycles. The molecule has 146 valence electrons. The molecule has 3 aromatic rings. The van der Waals surface area contributed by atoms with Gasteiger partial charge < -0.3 is 9.47 Å². The molecular formula is C21H20F2N2O3. The molecule has 2 aromatic heterocycles. The third-order valence-corrected chi connectivity index (χ3v) is 4.19. The summed E-state index contributed by atoms with van der Waals surface area (Å²) in [6.45, 7) is 6.96. The summed E-state index contributed by atoms with van der Waals surface area (Å²) in [5.74, 6) is -1.30.